The molecular formula is C25H24FN3O3. The third-order valence-corrected chi connectivity index (χ3v) is 5.58. The Hall–Kier alpha value is -3.71. The van der Waals surface area contributed by atoms with Crippen LogP contribution in [0.3, 0.4) is 0 Å². The molecule has 2 aromatic heterocycles. The number of nitrogens with zero attached hydrogens (tertiary/aromatic N) is 1. The predicted octanol–water partition coefficient (Wildman–Crippen LogP) is 4.38. The Balaban J connectivity index is 1.80. The minimum absolute atomic E-state index is 0.0349. The Labute approximate surface area is 185 Å². The number of carbonyl (C=O) groups is 1. The van der Waals surface area contributed by atoms with Crippen LogP contribution >= 0.6 is 0 Å². The van der Waals surface area contributed by atoms with Crippen LogP contribution in [0.2, 0.25) is 0 Å². The van der Waals surface area contributed by atoms with Gasteiger partial charge in [-0.2, -0.15) is 0 Å². The van der Waals surface area contributed by atoms with Gasteiger partial charge in [0.15, 0.2) is 0 Å². The van der Waals surface area contributed by atoms with E-state index < -0.39 is 12.0 Å². The van der Waals surface area contributed by atoms with Crippen LogP contribution in [0.15, 0.2) is 67.1 Å². The first kappa shape index (κ1) is 21.5. The van der Waals surface area contributed by atoms with E-state index in [0.717, 1.165) is 33.9 Å². The molecule has 0 fully saturated rings. The first-order valence-corrected chi connectivity index (χ1v) is 10.3. The van der Waals surface area contributed by atoms with Crippen molar-refractivity contribution in [2.45, 2.75) is 18.4 Å². The van der Waals surface area contributed by atoms with E-state index >= 15 is 0 Å². The molecule has 0 aliphatic rings. The normalized spacial score (nSPS) is 13.0. The molecule has 0 bridgehead atoms. The zero-order valence-electron chi connectivity index (χ0n) is 17.6. The number of H-pyrrole nitrogens is 1. The number of nitrogens with one attached hydrogen (secondary N) is 2. The third-order valence-electron chi connectivity index (χ3n) is 5.58. The number of para-hydroxylation sites is 1. The van der Waals surface area contributed by atoms with E-state index in [0.29, 0.717) is 17.9 Å². The first-order valence-electron chi connectivity index (χ1n) is 10.3. The van der Waals surface area contributed by atoms with Crippen molar-refractivity contribution < 1.29 is 19.0 Å². The van der Waals surface area contributed by atoms with Crippen molar-refractivity contribution >= 4 is 22.9 Å². The van der Waals surface area contributed by atoms with Gasteiger partial charge in [-0.05, 0) is 35.2 Å². The summed E-state index contributed by atoms with van der Waals surface area (Å²) in [6, 6.07) is 13.2. The van der Waals surface area contributed by atoms with Gasteiger partial charge in [-0.25, -0.2) is 4.39 Å². The number of benzene rings is 2. The van der Waals surface area contributed by atoms with E-state index in [-0.39, 0.29) is 12.4 Å². The highest BCUT2D eigenvalue weighted by Crippen LogP contribution is 2.37. The second kappa shape index (κ2) is 9.62. The number of aliphatic hydroxyl groups excluding tert-OH is 1. The summed E-state index contributed by atoms with van der Waals surface area (Å²) >= 11 is 0. The fourth-order valence-electron chi connectivity index (χ4n) is 4.01. The van der Waals surface area contributed by atoms with E-state index in [4.69, 9.17) is 4.74 Å². The van der Waals surface area contributed by atoms with Crippen molar-refractivity contribution in [1.29, 1.82) is 0 Å². The molecule has 0 aliphatic carbocycles. The largest absolute Gasteiger partial charge is 0.495 e. The highest BCUT2D eigenvalue weighted by atomic mass is 19.1. The van der Waals surface area contributed by atoms with Gasteiger partial charge >= 0.3 is 0 Å². The van der Waals surface area contributed by atoms with Gasteiger partial charge in [-0.1, -0.05) is 30.3 Å². The molecule has 3 N–H and O–H groups in total. The second-order valence-corrected chi connectivity index (χ2v) is 7.51. The number of halogens is 1. The number of pyridine rings is 1. The van der Waals surface area contributed by atoms with E-state index in [1.54, 1.807) is 37.7 Å². The van der Waals surface area contributed by atoms with Gasteiger partial charge in [0.2, 0.25) is 0 Å². The number of carbonyl (C=O) groups excluding carboxylic acids is 1. The number of aromatic amines is 1. The topological polar surface area (TPSA) is 87.2 Å². The summed E-state index contributed by atoms with van der Waals surface area (Å²) < 4.78 is 18.9. The lowest BCUT2D eigenvalue weighted by Gasteiger charge is -2.26. The summed E-state index contributed by atoms with van der Waals surface area (Å²) in [5.41, 5.74) is 4.11. The summed E-state index contributed by atoms with van der Waals surface area (Å²) in [7, 11) is 1.56. The molecule has 7 heteroatoms. The molecule has 0 saturated heterocycles. The number of rotatable bonds is 9. The number of ether oxygens (including phenoxy) is 1. The number of methoxy groups -OCH3 is 1. The molecule has 4 rings (SSSR count). The average Bonchev–Trinajstić information content (AvgIpc) is 3.25. The number of anilines is 1. The summed E-state index contributed by atoms with van der Waals surface area (Å²) in [5, 5.41) is 13.7. The maximum absolute atomic E-state index is 13.6. The standard InChI is InChI=1S/C25H24FN3O3/c1-32-20-11-19(12-27-13-20)29-25(17-5-7-18(26)8-6-17)23(15-31)22-14-28-24-16(9-10-30)3-2-4-21(22)24/h2-8,11-15,23,25,28-30H,9-10H2,1H3. The van der Waals surface area contributed by atoms with E-state index in [1.165, 1.54) is 12.1 Å². The zero-order chi connectivity index (χ0) is 22.5. The fourth-order valence-corrected chi connectivity index (χ4v) is 4.01. The van der Waals surface area contributed by atoms with Gasteiger partial charge in [0.1, 0.15) is 17.9 Å². The second-order valence-electron chi connectivity index (χ2n) is 7.51. The lowest BCUT2D eigenvalue weighted by molar-refractivity contribution is -0.109. The molecule has 6 nitrogen and oxygen atoms in total. The van der Waals surface area contributed by atoms with Gasteiger partial charge in [-0.15, -0.1) is 0 Å². The van der Waals surface area contributed by atoms with Crippen LogP contribution in [0.4, 0.5) is 10.1 Å². The van der Waals surface area contributed by atoms with Gasteiger partial charge in [0.05, 0.1) is 37.2 Å². The van der Waals surface area contributed by atoms with Crippen molar-refractivity contribution in [2.75, 3.05) is 19.0 Å². The molecule has 2 unspecified atom stereocenters. The van der Waals surface area contributed by atoms with E-state index in [1.807, 2.05) is 24.4 Å². The summed E-state index contributed by atoms with van der Waals surface area (Å²) in [5.74, 6) is -0.347. The Morgan fingerprint density at radius 3 is 2.75 bits per heavy atom. The molecule has 0 spiro atoms. The molecule has 164 valence electrons. The van der Waals surface area contributed by atoms with Crippen LogP contribution in [0, 0.1) is 5.82 Å². The molecule has 2 aromatic carbocycles. The summed E-state index contributed by atoms with van der Waals surface area (Å²) in [4.78, 5) is 19.9. The van der Waals surface area contributed by atoms with Crippen LogP contribution in [0.5, 0.6) is 5.75 Å². The SMILES string of the molecule is COc1cncc(NC(c2ccc(F)cc2)C(C=O)c2c[nH]c3c(CCO)cccc23)c1. The maximum Gasteiger partial charge on any atom is 0.139 e. The number of aldehydes is 1. The first-order chi connectivity index (χ1) is 15.6. The van der Waals surface area contributed by atoms with Crippen LogP contribution < -0.4 is 10.1 Å². The van der Waals surface area contributed by atoms with Crippen molar-refractivity contribution in [1.82, 2.24) is 9.97 Å². The lowest BCUT2D eigenvalue weighted by Crippen LogP contribution is -2.21. The number of aromatic nitrogens is 2. The molecule has 0 aliphatic heterocycles. The van der Waals surface area contributed by atoms with Gasteiger partial charge < -0.3 is 24.9 Å². The van der Waals surface area contributed by atoms with Gasteiger partial charge in [-0.3, -0.25) is 4.98 Å². The monoisotopic (exact) mass is 433 g/mol. The fraction of sp³-hybridized carbons (Fsp3) is 0.200. The van der Waals surface area contributed by atoms with Crippen molar-refractivity contribution in [3.05, 3.63) is 89.6 Å². The molecular weight excluding hydrogens is 409 g/mol. The lowest BCUT2D eigenvalue weighted by atomic mass is 9.87. The number of aliphatic hydroxyl groups is 1. The van der Waals surface area contributed by atoms with Crippen LogP contribution in [-0.2, 0) is 11.2 Å². The molecule has 0 radical (unpaired) electrons. The van der Waals surface area contributed by atoms with Crippen molar-refractivity contribution in [2.24, 2.45) is 0 Å². The zero-order valence-corrected chi connectivity index (χ0v) is 17.6. The van der Waals surface area contributed by atoms with Crippen molar-refractivity contribution in [3.8, 4) is 5.75 Å². The van der Waals surface area contributed by atoms with Gasteiger partial charge in [0.25, 0.3) is 0 Å². The summed E-state index contributed by atoms with van der Waals surface area (Å²) in [6.07, 6.45) is 6.48. The molecule has 0 saturated carbocycles. The maximum atomic E-state index is 13.6. The van der Waals surface area contributed by atoms with Crippen LogP contribution in [-0.4, -0.2) is 35.1 Å². The van der Waals surface area contributed by atoms with Crippen LogP contribution in [0.1, 0.15) is 28.7 Å². The molecule has 32 heavy (non-hydrogen) atoms. The summed E-state index contributed by atoms with van der Waals surface area (Å²) in [6.45, 7) is 0.0349. The Kier molecular flexibility index (Phi) is 6.47. The van der Waals surface area contributed by atoms with E-state index in [9.17, 15) is 14.3 Å². The highest BCUT2D eigenvalue weighted by molar-refractivity contribution is 5.89. The average molecular weight is 433 g/mol. The van der Waals surface area contributed by atoms with E-state index in [2.05, 4.69) is 15.3 Å². The van der Waals surface area contributed by atoms with Gasteiger partial charge in [0, 0.05) is 29.8 Å². The Bertz CT molecular complexity index is 1210. The molecule has 4 aromatic rings. The Morgan fingerprint density at radius 2 is 2.03 bits per heavy atom. The number of hydrogen-bond donors (Lipinski definition) is 3. The smallest absolute Gasteiger partial charge is 0.139 e. The molecule has 2 heterocycles. The predicted molar refractivity (Wildman–Crippen MR) is 121 cm³/mol. The quantitative estimate of drug-likeness (QED) is 0.341. The van der Waals surface area contributed by atoms with Crippen molar-refractivity contribution in [3.63, 3.8) is 0 Å². The Morgan fingerprint density at radius 1 is 1.22 bits per heavy atom. The number of hydrogen-bond acceptors (Lipinski definition) is 5. The highest BCUT2D eigenvalue weighted by Gasteiger charge is 2.27. The molecule has 0 amide bonds. The molecule has 2 atom stereocenters. The number of fused-ring (bicyclic) bond motifs is 1. The van der Waals surface area contributed by atoms with Crippen LogP contribution in [0.25, 0.3) is 10.9 Å². The minimum atomic E-state index is -0.579. The third kappa shape index (κ3) is 4.33. The minimum Gasteiger partial charge on any atom is -0.495 e.